The first-order valence-electron chi connectivity index (χ1n) is 5.54. The predicted octanol–water partition coefficient (Wildman–Crippen LogP) is 1.41. The molecule has 88 valence electrons. The summed E-state index contributed by atoms with van der Waals surface area (Å²) in [6.45, 7) is 2.70. The number of carbonyl (C=O) groups excluding carboxylic acids is 1. The number of rotatable bonds is 4. The van der Waals surface area contributed by atoms with Gasteiger partial charge in [-0.2, -0.15) is 0 Å². The molecule has 0 spiro atoms. The van der Waals surface area contributed by atoms with Crippen LogP contribution in [0.2, 0.25) is 0 Å². The van der Waals surface area contributed by atoms with E-state index in [0.29, 0.717) is 12.1 Å². The molecule has 0 atom stereocenters. The number of aromatic nitrogens is 3. The number of amides is 1. The second-order valence-electron chi connectivity index (χ2n) is 3.63. The van der Waals surface area contributed by atoms with E-state index in [-0.39, 0.29) is 5.91 Å². The Bertz CT molecular complexity index is 476. The van der Waals surface area contributed by atoms with Crippen LogP contribution in [0, 0.1) is 0 Å². The molecule has 0 aliphatic carbocycles. The molecule has 2 rings (SSSR count). The summed E-state index contributed by atoms with van der Waals surface area (Å²) in [5, 5.41) is 2.80. The van der Waals surface area contributed by atoms with Crippen molar-refractivity contribution in [2.45, 2.75) is 13.3 Å². The van der Waals surface area contributed by atoms with E-state index in [2.05, 4.69) is 15.3 Å². The summed E-state index contributed by atoms with van der Waals surface area (Å²) in [5.74, 6) is 0.658. The van der Waals surface area contributed by atoms with Crippen LogP contribution in [0.15, 0.2) is 37.1 Å². The van der Waals surface area contributed by atoms with Crippen LogP contribution >= 0.6 is 0 Å². The molecule has 0 aromatic carbocycles. The van der Waals surface area contributed by atoms with Crippen molar-refractivity contribution < 1.29 is 4.79 Å². The third-order valence-electron chi connectivity index (χ3n) is 2.31. The number of imidazole rings is 1. The van der Waals surface area contributed by atoms with E-state index in [9.17, 15) is 4.79 Å². The molecule has 0 saturated carbocycles. The molecule has 0 unspecified atom stereocenters. The second kappa shape index (κ2) is 5.25. The first-order valence-corrected chi connectivity index (χ1v) is 5.54. The number of nitrogens with one attached hydrogen (secondary N) is 1. The van der Waals surface area contributed by atoms with Gasteiger partial charge < -0.3 is 5.32 Å². The molecule has 0 fully saturated rings. The zero-order chi connectivity index (χ0) is 12.1. The molecule has 0 aliphatic rings. The van der Waals surface area contributed by atoms with Gasteiger partial charge in [-0.05, 0) is 18.6 Å². The average molecular weight is 230 g/mol. The van der Waals surface area contributed by atoms with Gasteiger partial charge in [0, 0.05) is 25.1 Å². The molecule has 2 heterocycles. The van der Waals surface area contributed by atoms with Crippen LogP contribution in [0.25, 0.3) is 5.82 Å². The summed E-state index contributed by atoms with van der Waals surface area (Å²) in [4.78, 5) is 19.8. The Labute approximate surface area is 99.5 Å². The van der Waals surface area contributed by atoms with Gasteiger partial charge in [-0.3, -0.25) is 9.36 Å². The zero-order valence-corrected chi connectivity index (χ0v) is 9.63. The summed E-state index contributed by atoms with van der Waals surface area (Å²) in [7, 11) is 0. The van der Waals surface area contributed by atoms with Crippen molar-refractivity contribution in [3.63, 3.8) is 0 Å². The number of hydrogen-bond acceptors (Lipinski definition) is 3. The van der Waals surface area contributed by atoms with E-state index in [0.717, 1.165) is 12.2 Å². The van der Waals surface area contributed by atoms with Crippen molar-refractivity contribution in [1.82, 2.24) is 19.9 Å². The van der Waals surface area contributed by atoms with Gasteiger partial charge in [-0.1, -0.05) is 6.92 Å². The minimum absolute atomic E-state index is 0.0865. The highest BCUT2D eigenvalue weighted by molar-refractivity contribution is 5.93. The minimum atomic E-state index is -0.0865. The van der Waals surface area contributed by atoms with Crippen molar-refractivity contribution in [1.29, 1.82) is 0 Å². The highest BCUT2D eigenvalue weighted by Crippen LogP contribution is 2.05. The van der Waals surface area contributed by atoms with E-state index in [1.165, 1.54) is 0 Å². The molecule has 1 N–H and O–H groups in total. The lowest BCUT2D eigenvalue weighted by molar-refractivity contribution is 0.0953. The van der Waals surface area contributed by atoms with Crippen molar-refractivity contribution in [3.8, 4) is 5.82 Å². The summed E-state index contributed by atoms with van der Waals surface area (Å²) < 4.78 is 1.79. The molecule has 5 nitrogen and oxygen atoms in total. The van der Waals surface area contributed by atoms with Crippen LogP contribution in [-0.4, -0.2) is 27.0 Å². The number of nitrogens with zero attached hydrogens (tertiary/aromatic N) is 3. The fourth-order valence-corrected chi connectivity index (χ4v) is 1.41. The summed E-state index contributed by atoms with van der Waals surface area (Å²) in [5.41, 5.74) is 0.572. The molecular formula is C12H14N4O. The Morgan fingerprint density at radius 3 is 2.94 bits per heavy atom. The van der Waals surface area contributed by atoms with Gasteiger partial charge >= 0.3 is 0 Å². The van der Waals surface area contributed by atoms with Crippen LogP contribution in [0.3, 0.4) is 0 Å². The monoisotopic (exact) mass is 230 g/mol. The Morgan fingerprint density at radius 2 is 2.35 bits per heavy atom. The number of hydrogen-bond donors (Lipinski definition) is 1. The molecule has 5 heteroatoms. The largest absolute Gasteiger partial charge is 0.352 e. The Hall–Kier alpha value is -2.17. The maximum atomic E-state index is 11.6. The highest BCUT2D eigenvalue weighted by Gasteiger charge is 2.05. The van der Waals surface area contributed by atoms with E-state index in [1.54, 1.807) is 41.6 Å². The summed E-state index contributed by atoms with van der Waals surface area (Å²) >= 11 is 0. The van der Waals surface area contributed by atoms with Crippen molar-refractivity contribution in [2.75, 3.05) is 6.54 Å². The fraction of sp³-hybridized carbons (Fsp3) is 0.250. The van der Waals surface area contributed by atoms with E-state index < -0.39 is 0 Å². The molecule has 1 amide bonds. The second-order valence-corrected chi connectivity index (χ2v) is 3.63. The van der Waals surface area contributed by atoms with Crippen molar-refractivity contribution >= 4 is 5.91 Å². The summed E-state index contributed by atoms with van der Waals surface area (Å²) in [6.07, 6.45) is 7.65. The van der Waals surface area contributed by atoms with Crippen LogP contribution in [0.5, 0.6) is 0 Å². The molecule has 0 saturated heterocycles. The summed E-state index contributed by atoms with van der Waals surface area (Å²) in [6, 6.07) is 3.55. The predicted molar refractivity (Wildman–Crippen MR) is 64.0 cm³/mol. The van der Waals surface area contributed by atoms with Gasteiger partial charge in [0.15, 0.2) is 0 Å². The quantitative estimate of drug-likeness (QED) is 0.863. The van der Waals surface area contributed by atoms with Gasteiger partial charge in [-0.15, -0.1) is 0 Å². The van der Waals surface area contributed by atoms with Crippen LogP contribution < -0.4 is 5.32 Å². The minimum Gasteiger partial charge on any atom is -0.352 e. The lowest BCUT2D eigenvalue weighted by atomic mass is 10.2. The smallest absolute Gasteiger partial charge is 0.252 e. The molecule has 0 bridgehead atoms. The topological polar surface area (TPSA) is 59.8 Å². The molecule has 2 aromatic rings. The van der Waals surface area contributed by atoms with Gasteiger partial charge in [0.25, 0.3) is 5.91 Å². The standard InChI is InChI=1S/C12H14N4O/c1-2-5-14-12(17)10-3-4-11(15-8-10)16-7-6-13-9-16/h3-4,6-9H,2,5H2,1H3,(H,14,17). The van der Waals surface area contributed by atoms with Crippen molar-refractivity contribution in [3.05, 3.63) is 42.6 Å². The lowest BCUT2D eigenvalue weighted by Gasteiger charge is -2.04. The Morgan fingerprint density at radius 1 is 1.47 bits per heavy atom. The first kappa shape index (κ1) is 11.3. The van der Waals surface area contributed by atoms with Gasteiger partial charge in [0.2, 0.25) is 0 Å². The molecular weight excluding hydrogens is 216 g/mol. The molecule has 2 aromatic heterocycles. The van der Waals surface area contributed by atoms with Crippen LogP contribution in [-0.2, 0) is 0 Å². The third kappa shape index (κ3) is 2.69. The molecule has 0 aliphatic heterocycles. The maximum absolute atomic E-state index is 11.6. The van der Waals surface area contributed by atoms with Crippen molar-refractivity contribution in [2.24, 2.45) is 0 Å². The van der Waals surface area contributed by atoms with Crippen LogP contribution in [0.4, 0.5) is 0 Å². The van der Waals surface area contributed by atoms with Gasteiger partial charge in [0.1, 0.15) is 12.1 Å². The SMILES string of the molecule is CCCNC(=O)c1ccc(-n2ccnc2)nc1. The van der Waals surface area contributed by atoms with E-state index in [1.807, 2.05) is 6.92 Å². The van der Waals surface area contributed by atoms with E-state index >= 15 is 0 Å². The third-order valence-corrected chi connectivity index (χ3v) is 2.31. The molecule has 0 radical (unpaired) electrons. The normalized spacial score (nSPS) is 10.2. The Balaban J connectivity index is 2.10. The zero-order valence-electron chi connectivity index (χ0n) is 9.63. The lowest BCUT2D eigenvalue weighted by Crippen LogP contribution is -2.24. The molecule has 17 heavy (non-hydrogen) atoms. The van der Waals surface area contributed by atoms with Crippen LogP contribution in [0.1, 0.15) is 23.7 Å². The van der Waals surface area contributed by atoms with E-state index in [4.69, 9.17) is 0 Å². The fourth-order valence-electron chi connectivity index (χ4n) is 1.41. The number of carbonyl (C=O) groups is 1. The van der Waals surface area contributed by atoms with Gasteiger partial charge in [-0.25, -0.2) is 9.97 Å². The Kier molecular flexibility index (Phi) is 3.49. The number of pyridine rings is 1. The maximum Gasteiger partial charge on any atom is 0.252 e. The average Bonchev–Trinajstić information content (AvgIpc) is 2.90. The highest BCUT2D eigenvalue weighted by atomic mass is 16.1. The first-order chi connectivity index (χ1) is 8.31. The van der Waals surface area contributed by atoms with Gasteiger partial charge in [0.05, 0.1) is 5.56 Å².